The standard InChI is InChI=1S/C28H22N8S.ClH/c29-16-20-24(17-6-9-19(10-7-17)36-12-2-1-3-13-36)25-27(23-5-4-14-37-23)33-34-28(25)30-26(20)18-8-11-21-22(15-18)32-35-31-21;/h4-11,14-15H,1-3,12-13H2,(H,30,33,34)(H,31,32,35);1H. The molecule has 2 N–H and O–H groups in total. The topological polar surface area (TPSA) is 110 Å². The zero-order chi connectivity index (χ0) is 24.8. The first-order valence-electron chi connectivity index (χ1n) is 12.3. The van der Waals surface area contributed by atoms with E-state index in [4.69, 9.17) is 4.98 Å². The van der Waals surface area contributed by atoms with Gasteiger partial charge in [-0.2, -0.15) is 25.8 Å². The molecule has 8 nitrogen and oxygen atoms in total. The Morgan fingerprint density at radius 2 is 1.68 bits per heavy atom. The lowest BCUT2D eigenvalue weighted by Crippen LogP contribution is -2.29. The maximum Gasteiger partial charge on any atom is 0.182 e. The van der Waals surface area contributed by atoms with Crippen LogP contribution in [0.2, 0.25) is 0 Å². The van der Waals surface area contributed by atoms with E-state index in [1.807, 2.05) is 29.6 Å². The maximum atomic E-state index is 10.5. The molecule has 4 aromatic heterocycles. The highest BCUT2D eigenvalue weighted by molar-refractivity contribution is 7.13. The van der Waals surface area contributed by atoms with Crippen LogP contribution in [0.1, 0.15) is 24.8 Å². The Kier molecular flexibility index (Phi) is 6.27. The van der Waals surface area contributed by atoms with E-state index >= 15 is 0 Å². The average molecular weight is 539 g/mol. The average Bonchev–Trinajstić information content (AvgIpc) is 3.73. The number of thiophene rings is 1. The van der Waals surface area contributed by atoms with Crippen molar-refractivity contribution >= 4 is 51.5 Å². The van der Waals surface area contributed by atoms with Crippen LogP contribution in [-0.4, -0.2) is 43.7 Å². The summed E-state index contributed by atoms with van der Waals surface area (Å²) in [5.41, 5.74) is 7.85. The van der Waals surface area contributed by atoms with Crippen LogP contribution in [0.15, 0.2) is 60.0 Å². The third-order valence-electron chi connectivity index (χ3n) is 7.05. The monoisotopic (exact) mass is 538 g/mol. The normalized spacial score (nSPS) is 13.5. The molecule has 0 spiro atoms. The molecular formula is C28H23ClN8S. The number of nitriles is 1. The predicted octanol–water partition coefficient (Wildman–Crippen LogP) is 6.58. The van der Waals surface area contributed by atoms with Gasteiger partial charge in [-0.05, 0) is 60.5 Å². The van der Waals surface area contributed by atoms with Crippen molar-refractivity contribution in [3.05, 3.63) is 65.5 Å². The summed E-state index contributed by atoms with van der Waals surface area (Å²) in [5, 5.41) is 32.2. The SMILES string of the molecule is Cl.N#Cc1c(-c2ccc3n[nH]nc3c2)nc2n[nH]c(-c3cccs3)c2c1-c1ccc(N2CCCCC2)cc1. The van der Waals surface area contributed by atoms with Crippen molar-refractivity contribution in [2.75, 3.05) is 18.0 Å². The van der Waals surface area contributed by atoms with Crippen molar-refractivity contribution in [3.8, 4) is 39.0 Å². The van der Waals surface area contributed by atoms with Gasteiger partial charge in [0.15, 0.2) is 5.65 Å². The van der Waals surface area contributed by atoms with Crippen molar-refractivity contribution in [1.29, 1.82) is 5.26 Å². The van der Waals surface area contributed by atoms with Crippen LogP contribution in [0, 0.1) is 11.3 Å². The quantitative estimate of drug-likeness (QED) is 0.262. The van der Waals surface area contributed by atoms with Gasteiger partial charge in [0.05, 0.1) is 27.2 Å². The molecule has 6 aromatic rings. The van der Waals surface area contributed by atoms with Gasteiger partial charge >= 0.3 is 0 Å². The molecule has 0 aliphatic carbocycles. The summed E-state index contributed by atoms with van der Waals surface area (Å²) in [6, 6.07) is 20.8. The number of piperidine rings is 1. The first kappa shape index (κ1) is 24.1. The van der Waals surface area contributed by atoms with E-state index < -0.39 is 0 Å². The highest BCUT2D eigenvalue weighted by Gasteiger charge is 2.24. The number of fused-ring (bicyclic) bond motifs is 2. The van der Waals surface area contributed by atoms with E-state index in [2.05, 4.69) is 66.9 Å². The van der Waals surface area contributed by atoms with Crippen LogP contribution in [0.4, 0.5) is 5.69 Å². The molecule has 10 heteroatoms. The number of nitrogens with zero attached hydrogens (tertiary/aromatic N) is 6. The molecule has 0 amide bonds. The van der Waals surface area contributed by atoms with E-state index in [9.17, 15) is 5.26 Å². The summed E-state index contributed by atoms with van der Waals surface area (Å²) in [7, 11) is 0. The number of H-pyrrole nitrogens is 2. The lowest BCUT2D eigenvalue weighted by molar-refractivity contribution is 0.578. The number of hydrogen-bond acceptors (Lipinski definition) is 7. The number of aromatic amines is 2. The van der Waals surface area contributed by atoms with E-state index in [1.165, 1.54) is 24.9 Å². The van der Waals surface area contributed by atoms with E-state index in [0.29, 0.717) is 16.9 Å². The Labute approximate surface area is 228 Å². The first-order valence-corrected chi connectivity index (χ1v) is 13.2. The molecule has 1 aliphatic heterocycles. The zero-order valence-electron chi connectivity index (χ0n) is 20.3. The van der Waals surface area contributed by atoms with Gasteiger partial charge in [-0.1, -0.05) is 24.3 Å². The number of hydrogen-bond donors (Lipinski definition) is 2. The van der Waals surface area contributed by atoms with Gasteiger partial charge in [0.1, 0.15) is 17.1 Å². The molecular weight excluding hydrogens is 516 g/mol. The van der Waals surface area contributed by atoms with Crippen LogP contribution in [-0.2, 0) is 0 Å². The minimum atomic E-state index is 0. The number of halogens is 1. The summed E-state index contributed by atoms with van der Waals surface area (Å²) < 4.78 is 0. The van der Waals surface area contributed by atoms with Crippen molar-refractivity contribution in [3.63, 3.8) is 0 Å². The third-order valence-corrected chi connectivity index (χ3v) is 7.94. The summed E-state index contributed by atoms with van der Waals surface area (Å²) in [4.78, 5) is 8.38. The summed E-state index contributed by atoms with van der Waals surface area (Å²) in [6.07, 6.45) is 3.75. The van der Waals surface area contributed by atoms with Gasteiger partial charge in [-0.15, -0.1) is 23.7 Å². The fraction of sp³-hybridized carbons (Fsp3) is 0.179. The molecule has 0 saturated carbocycles. The van der Waals surface area contributed by atoms with Gasteiger partial charge in [0.2, 0.25) is 0 Å². The Balaban J connectivity index is 0.00000264. The van der Waals surface area contributed by atoms with Crippen molar-refractivity contribution in [2.24, 2.45) is 0 Å². The van der Waals surface area contributed by atoms with Gasteiger partial charge in [0.25, 0.3) is 0 Å². The second kappa shape index (κ2) is 9.89. The van der Waals surface area contributed by atoms with Crippen molar-refractivity contribution in [2.45, 2.75) is 19.3 Å². The molecule has 188 valence electrons. The molecule has 0 unspecified atom stereocenters. The van der Waals surface area contributed by atoms with Crippen molar-refractivity contribution in [1.82, 2.24) is 30.6 Å². The lowest BCUT2D eigenvalue weighted by atomic mass is 9.92. The van der Waals surface area contributed by atoms with Gasteiger partial charge < -0.3 is 4.90 Å². The molecule has 7 rings (SSSR count). The Bertz CT molecular complexity index is 1770. The van der Waals surface area contributed by atoms with Gasteiger partial charge in [-0.3, -0.25) is 5.10 Å². The van der Waals surface area contributed by atoms with Crippen LogP contribution in [0.25, 0.3) is 55.0 Å². The Hall–Kier alpha value is -4.26. The van der Waals surface area contributed by atoms with Crippen molar-refractivity contribution < 1.29 is 0 Å². The largest absolute Gasteiger partial charge is 0.372 e. The molecule has 1 fully saturated rings. The van der Waals surface area contributed by atoms with Gasteiger partial charge in [0, 0.05) is 29.9 Å². The van der Waals surface area contributed by atoms with E-state index in [1.54, 1.807) is 11.3 Å². The fourth-order valence-corrected chi connectivity index (χ4v) is 5.97. The molecule has 0 bridgehead atoms. The number of nitrogens with one attached hydrogen (secondary N) is 2. The fourth-order valence-electron chi connectivity index (χ4n) is 5.24. The minimum absolute atomic E-state index is 0. The number of pyridine rings is 1. The lowest BCUT2D eigenvalue weighted by Gasteiger charge is -2.29. The highest BCUT2D eigenvalue weighted by atomic mass is 35.5. The number of rotatable bonds is 4. The molecule has 5 heterocycles. The Morgan fingerprint density at radius 3 is 2.45 bits per heavy atom. The number of anilines is 1. The highest BCUT2D eigenvalue weighted by Crippen LogP contribution is 2.42. The van der Waals surface area contributed by atoms with E-state index in [-0.39, 0.29) is 12.4 Å². The molecule has 2 aromatic carbocycles. The smallest absolute Gasteiger partial charge is 0.182 e. The van der Waals surface area contributed by atoms with Gasteiger partial charge in [-0.25, -0.2) is 4.98 Å². The zero-order valence-corrected chi connectivity index (χ0v) is 21.9. The molecule has 38 heavy (non-hydrogen) atoms. The minimum Gasteiger partial charge on any atom is -0.372 e. The predicted molar refractivity (Wildman–Crippen MR) is 154 cm³/mol. The van der Waals surface area contributed by atoms with E-state index in [0.717, 1.165) is 56.8 Å². The maximum absolute atomic E-state index is 10.5. The van der Waals surface area contributed by atoms with Crippen LogP contribution in [0.5, 0.6) is 0 Å². The number of benzene rings is 2. The summed E-state index contributed by atoms with van der Waals surface area (Å²) in [6.45, 7) is 2.17. The molecule has 0 radical (unpaired) electrons. The summed E-state index contributed by atoms with van der Waals surface area (Å²) in [5.74, 6) is 0. The second-order valence-corrected chi connectivity index (χ2v) is 10.2. The molecule has 1 aliphatic rings. The van der Waals surface area contributed by atoms with Crippen LogP contribution >= 0.6 is 23.7 Å². The second-order valence-electron chi connectivity index (χ2n) is 9.22. The Morgan fingerprint density at radius 1 is 0.895 bits per heavy atom. The number of aromatic nitrogens is 6. The van der Waals surface area contributed by atoms with Crippen LogP contribution < -0.4 is 4.90 Å². The molecule has 0 atom stereocenters. The first-order chi connectivity index (χ1) is 18.3. The third kappa shape index (κ3) is 3.99. The van der Waals surface area contributed by atoms with Crippen LogP contribution in [0.3, 0.4) is 0 Å². The summed E-state index contributed by atoms with van der Waals surface area (Å²) >= 11 is 1.63. The molecule has 1 saturated heterocycles.